The van der Waals surface area contributed by atoms with Gasteiger partial charge in [0, 0.05) is 75.0 Å². The minimum absolute atomic E-state index is 0.0212. The molecule has 0 atom stereocenters. The largest absolute Gasteiger partial charge is 0.375 e. The number of hydrogen-bond donors (Lipinski definition) is 2. The number of nitrogens with two attached hydrogens (primary N) is 1. The Morgan fingerprint density at radius 3 is 2.43 bits per heavy atom. The molecule has 9 nitrogen and oxygen atoms in total. The lowest BCUT2D eigenvalue weighted by Gasteiger charge is -2.38. The standard InChI is InChI=1S/C25H32N6O3S/c26-24-27-20-10-14-30(15-11-21(20)35-24)23(33)6-5-22(32)29-12-8-18(9-13-29)31-16-7-17-3-1-2-4-19(17)28-25(31)34/h1-4,18H,5-16H2,(H2,26,27)(H,28,34). The average molecular weight is 497 g/mol. The molecule has 1 aromatic heterocycles. The summed E-state index contributed by atoms with van der Waals surface area (Å²) >= 11 is 1.50. The average Bonchev–Trinajstić information content (AvgIpc) is 3.00. The molecule has 1 aromatic carbocycles. The Hall–Kier alpha value is -3.14. The third-order valence-electron chi connectivity index (χ3n) is 7.33. The lowest BCUT2D eigenvalue weighted by atomic mass is 10.0. The molecule has 0 saturated carbocycles. The highest BCUT2D eigenvalue weighted by Crippen LogP contribution is 2.26. The van der Waals surface area contributed by atoms with E-state index in [9.17, 15) is 14.4 Å². The van der Waals surface area contributed by atoms with Gasteiger partial charge in [-0.05, 0) is 30.9 Å². The number of carbonyl (C=O) groups excluding carboxylic acids is 3. The molecule has 4 amide bonds. The van der Waals surface area contributed by atoms with Gasteiger partial charge in [0.2, 0.25) is 11.8 Å². The van der Waals surface area contributed by atoms with Gasteiger partial charge in [-0.25, -0.2) is 9.78 Å². The van der Waals surface area contributed by atoms with Gasteiger partial charge in [-0.15, -0.1) is 11.3 Å². The number of hydrogen-bond acceptors (Lipinski definition) is 6. The Bertz CT molecular complexity index is 1080. The van der Waals surface area contributed by atoms with Crippen LogP contribution < -0.4 is 11.1 Å². The fraction of sp³-hybridized carbons (Fsp3) is 0.520. The van der Waals surface area contributed by atoms with Crippen molar-refractivity contribution in [2.75, 3.05) is 43.8 Å². The lowest BCUT2D eigenvalue weighted by Crippen LogP contribution is -2.50. The van der Waals surface area contributed by atoms with Crippen LogP contribution in [0.4, 0.5) is 15.6 Å². The maximum Gasteiger partial charge on any atom is 0.322 e. The molecule has 35 heavy (non-hydrogen) atoms. The van der Waals surface area contributed by atoms with E-state index in [1.54, 1.807) is 0 Å². The number of urea groups is 1. The smallest absolute Gasteiger partial charge is 0.322 e. The number of piperidine rings is 1. The number of nitrogens with zero attached hydrogens (tertiary/aromatic N) is 4. The highest BCUT2D eigenvalue weighted by Gasteiger charge is 2.31. The van der Waals surface area contributed by atoms with Crippen molar-refractivity contribution in [2.24, 2.45) is 0 Å². The molecule has 3 aliphatic heterocycles. The zero-order valence-electron chi connectivity index (χ0n) is 19.9. The van der Waals surface area contributed by atoms with Crippen LogP contribution in [0.3, 0.4) is 0 Å². The molecular formula is C25H32N6O3S. The van der Waals surface area contributed by atoms with Crippen LogP contribution in [0, 0.1) is 0 Å². The predicted molar refractivity (Wildman–Crippen MR) is 135 cm³/mol. The molecule has 4 heterocycles. The number of rotatable bonds is 4. The van der Waals surface area contributed by atoms with E-state index in [1.807, 2.05) is 32.9 Å². The summed E-state index contributed by atoms with van der Waals surface area (Å²) in [7, 11) is 0. The van der Waals surface area contributed by atoms with Crippen molar-refractivity contribution >= 4 is 40.0 Å². The molecule has 0 spiro atoms. The van der Waals surface area contributed by atoms with Gasteiger partial charge in [0.05, 0.1) is 5.69 Å². The summed E-state index contributed by atoms with van der Waals surface area (Å²) in [6.07, 6.45) is 4.28. The van der Waals surface area contributed by atoms with Crippen molar-refractivity contribution in [3.8, 4) is 0 Å². The van der Waals surface area contributed by atoms with Crippen molar-refractivity contribution in [3.63, 3.8) is 0 Å². The molecule has 0 unspecified atom stereocenters. The van der Waals surface area contributed by atoms with Crippen molar-refractivity contribution < 1.29 is 14.4 Å². The fourth-order valence-corrected chi connectivity index (χ4v) is 6.19. The molecule has 0 aliphatic carbocycles. The minimum atomic E-state index is -0.0602. The quantitative estimate of drug-likeness (QED) is 0.676. The number of anilines is 2. The molecule has 3 aliphatic rings. The summed E-state index contributed by atoms with van der Waals surface area (Å²) in [6.45, 7) is 3.18. The van der Waals surface area contributed by atoms with Crippen LogP contribution in [0.15, 0.2) is 24.3 Å². The van der Waals surface area contributed by atoms with Crippen LogP contribution in [-0.2, 0) is 28.9 Å². The Kier molecular flexibility index (Phi) is 6.90. The van der Waals surface area contributed by atoms with Gasteiger partial charge in [-0.3, -0.25) is 9.59 Å². The van der Waals surface area contributed by atoms with Crippen LogP contribution in [-0.4, -0.2) is 76.3 Å². The van der Waals surface area contributed by atoms with Gasteiger partial charge in [0.15, 0.2) is 5.13 Å². The molecule has 1 fully saturated rings. The van der Waals surface area contributed by atoms with Gasteiger partial charge in [0.1, 0.15) is 0 Å². The number of para-hydroxylation sites is 1. The van der Waals surface area contributed by atoms with E-state index in [-0.39, 0.29) is 36.7 Å². The predicted octanol–water partition coefficient (Wildman–Crippen LogP) is 2.51. The second-order valence-electron chi connectivity index (χ2n) is 9.45. The number of benzene rings is 1. The van der Waals surface area contributed by atoms with Crippen LogP contribution in [0.2, 0.25) is 0 Å². The first-order valence-electron chi connectivity index (χ1n) is 12.4. The topological polar surface area (TPSA) is 112 Å². The lowest BCUT2D eigenvalue weighted by molar-refractivity contribution is -0.137. The van der Waals surface area contributed by atoms with E-state index < -0.39 is 0 Å². The monoisotopic (exact) mass is 496 g/mol. The Labute approximate surface area is 209 Å². The van der Waals surface area contributed by atoms with Gasteiger partial charge >= 0.3 is 6.03 Å². The van der Waals surface area contributed by atoms with Crippen LogP contribution in [0.1, 0.15) is 41.8 Å². The summed E-state index contributed by atoms with van der Waals surface area (Å²) in [4.78, 5) is 49.5. The molecule has 0 bridgehead atoms. The zero-order valence-corrected chi connectivity index (χ0v) is 20.7. The first kappa shape index (κ1) is 23.6. The maximum absolute atomic E-state index is 12.8. The Morgan fingerprint density at radius 1 is 0.971 bits per heavy atom. The van der Waals surface area contributed by atoms with Crippen LogP contribution in [0.5, 0.6) is 0 Å². The Balaban J connectivity index is 1.07. The SMILES string of the molecule is Nc1nc2c(s1)CCN(C(=O)CCC(=O)N1CCC(N3CCc4ccccc4NC3=O)CC1)CC2. The number of nitrogens with one attached hydrogen (secondary N) is 1. The molecule has 10 heteroatoms. The number of thiazole rings is 1. The molecule has 1 saturated heterocycles. The van der Waals surface area contributed by atoms with E-state index in [0.717, 1.165) is 42.6 Å². The molecule has 0 radical (unpaired) electrons. The minimum Gasteiger partial charge on any atom is -0.375 e. The molecule has 3 N–H and O–H groups in total. The van der Waals surface area contributed by atoms with Crippen LogP contribution in [0.25, 0.3) is 0 Å². The highest BCUT2D eigenvalue weighted by atomic mass is 32.1. The van der Waals surface area contributed by atoms with Crippen molar-refractivity contribution in [2.45, 2.75) is 51.0 Å². The third-order valence-corrected chi connectivity index (χ3v) is 8.31. The molecule has 2 aromatic rings. The normalized spacial score (nSPS) is 18.9. The summed E-state index contributed by atoms with van der Waals surface area (Å²) in [5.41, 5.74) is 8.84. The van der Waals surface area contributed by atoms with Gasteiger partial charge in [0.25, 0.3) is 0 Å². The zero-order chi connectivity index (χ0) is 24.4. The molecular weight excluding hydrogens is 464 g/mol. The van der Waals surface area contributed by atoms with E-state index >= 15 is 0 Å². The summed E-state index contributed by atoms with van der Waals surface area (Å²) in [5.74, 6) is 0.0464. The summed E-state index contributed by atoms with van der Waals surface area (Å²) in [5, 5.41) is 3.62. The summed E-state index contributed by atoms with van der Waals surface area (Å²) < 4.78 is 0. The number of aromatic nitrogens is 1. The van der Waals surface area contributed by atoms with Gasteiger partial charge < -0.3 is 25.8 Å². The number of nitrogen functional groups attached to an aromatic ring is 1. The second-order valence-corrected chi connectivity index (χ2v) is 10.6. The van der Waals surface area contributed by atoms with Crippen LogP contribution >= 0.6 is 11.3 Å². The number of fused-ring (bicyclic) bond motifs is 2. The van der Waals surface area contributed by atoms with E-state index in [4.69, 9.17) is 5.73 Å². The molecule has 5 rings (SSSR count). The fourth-order valence-electron chi connectivity index (χ4n) is 5.33. The molecule has 186 valence electrons. The van der Waals surface area contributed by atoms with Crippen molar-refractivity contribution in [3.05, 3.63) is 40.4 Å². The van der Waals surface area contributed by atoms with E-state index in [1.165, 1.54) is 16.2 Å². The number of carbonyl (C=O) groups is 3. The summed E-state index contributed by atoms with van der Waals surface area (Å²) in [6, 6.07) is 7.99. The Morgan fingerprint density at radius 2 is 1.66 bits per heavy atom. The van der Waals surface area contributed by atoms with E-state index in [2.05, 4.69) is 16.4 Å². The first-order chi connectivity index (χ1) is 17.0. The first-order valence-corrected chi connectivity index (χ1v) is 13.2. The number of amides is 4. The van der Waals surface area contributed by atoms with Gasteiger partial charge in [-0.1, -0.05) is 18.2 Å². The third kappa shape index (κ3) is 5.27. The van der Waals surface area contributed by atoms with E-state index in [0.29, 0.717) is 44.3 Å². The second kappa shape index (κ2) is 10.2. The van der Waals surface area contributed by atoms with Crippen molar-refractivity contribution in [1.29, 1.82) is 0 Å². The van der Waals surface area contributed by atoms with Gasteiger partial charge in [-0.2, -0.15) is 0 Å². The highest BCUT2D eigenvalue weighted by molar-refractivity contribution is 7.15. The number of likely N-dealkylation sites (tertiary alicyclic amines) is 1. The van der Waals surface area contributed by atoms with Crippen molar-refractivity contribution in [1.82, 2.24) is 19.7 Å². The maximum atomic E-state index is 12.8.